The number of rotatable bonds is 4. The second kappa shape index (κ2) is 7.95. The van der Waals surface area contributed by atoms with Crippen LogP contribution < -0.4 is 4.90 Å². The van der Waals surface area contributed by atoms with Crippen molar-refractivity contribution < 1.29 is 14.2 Å². The zero-order valence-electron chi connectivity index (χ0n) is 14.2. The predicted molar refractivity (Wildman–Crippen MR) is 91.2 cm³/mol. The molecule has 130 valence electrons. The van der Waals surface area contributed by atoms with E-state index in [0.29, 0.717) is 18.8 Å². The summed E-state index contributed by atoms with van der Waals surface area (Å²) in [6.07, 6.45) is 0. The van der Waals surface area contributed by atoms with Gasteiger partial charge in [0, 0.05) is 39.0 Å². The van der Waals surface area contributed by atoms with E-state index >= 15 is 0 Å². The zero-order valence-corrected chi connectivity index (χ0v) is 14.2. The Morgan fingerprint density at radius 1 is 1.21 bits per heavy atom. The predicted octanol–water partition coefficient (Wildman–Crippen LogP) is 1.11. The van der Waals surface area contributed by atoms with E-state index in [9.17, 15) is 0 Å². The Bertz CT molecular complexity index is 572. The number of hydrogen-bond donors (Lipinski definition) is 0. The smallest absolute Gasteiger partial charge is 0.121 e. The molecule has 0 amide bonds. The Hall–Kier alpha value is -1.65. The minimum atomic E-state index is -0.309. The van der Waals surface area contributed by atoms with Gasteiger partial charge in [-0.15, -0.1) is 0 Å². The molecule has 2 fully saturated rings. The standard InChI is InChI=1S/C18H25N3O3/c1-22-9-6-20-7-10-23-15-18(13-20)14-21(8-11-24-18)17-4-2-16(12-19)3-5-17/h2-5H,6-11,13-15H2,1H3. The van der Waals surface area contributed by atoms with Gasteiger partial charge in [0.05, 0.1) is 44.6 Å². The molecule has 0 aromatic heterocycles. The quantitative estimate of drug-likeness (QED) is 0.824. The number of methoxy groups -OCH3 is 1. The molecule has 3 rings (SSSR count). The number of benzene rings is 1. The normalized spacial score (nSPS) is 25.4. The van der Waals surface area contributed by atoms with Crippen molar-refractivity contribution in [2.75, 3.05) is 71.2 Å². The third-order valence-corrected chi connectivity index (χ3v) is 4.65. The summed E-state index contributed by atoms with van der Waals surface area (Å²) in [6.45, 7) is 7.04. The molecule has 6 heteroatoms. The lowest BCUT2D eigenvalue weighted by Gasteiger charge is -2.44. The third kappa shape index (κ3) is 4.05. The summed E-state index contributed by atoms with van der Waals surface area (Å²) in [7, 11) is 1.73. The second-order valence-corrected chi connectivity index (χ2v) is 6.43. The van der Waals surface area contributed by atoms with E-state index < -0.39 is 0 Å². The van der Waals surface area contributed by atoms with Gasteiger partial charge in [-0.2, -0.15) is 5.26 Å². The largest absolute Gasteiger partial charge is 0.383 e. The fourth-order valence-corrected chi connectivity index (χ4v) is 3.39. The average molecular weight is 331 g/mol. The summed E-state index contributed by atoms with van der Waals surface area (Å²) >= 11 is 0. The van der Waals surface area contributed by atoms with Crippen molar-refractivity contribution in [2.24, 2.45) is 0 Å². The van der Waals surface area contributed by atoms with E-state index in [1.54, 1.807) is 7.11 Å². The average Bonchev–Trinajstić information content (AvgIpc) is 2.82. The molecule has 2 heterocycles. The number of hydrogen-bond acceptors (Lipinski definition) is 6. The van der Waals surface area contributed by atoms with Gasteiger partial charge in [0.15, 0.2) is 0 Å². The van der Waals surface area contributed by atoms with Crippen LogP contribution in [0.15, 0.2) is 24.3 Å². The lowest BCUT2D eigenvalue weighted by molar-refractivity contribution is -0.100. The Labute approximate surface area is 143 Å². The maximum Gasteiger partial charge on any atom is 0.121 e. The monoisotopic (exact) mass is 331 g/mol. The minimum absolute atomic E-state index is 0.309. The van der Waals surface area contributed by atoms with Crippen LogP contribution in [0.2, 0.25) is 0 Å². The summed E-state index contributed by atoms with van der Waals surface area (Å²) in [5.41, 5.74) is 1.51. The minimum Gasteiger partial charge on any atom is -0.383 e. The lowest BCUT2D eigenvalue weighted by Crippen LogP contribution is -2.59. The molecule has 0 aliphatic carbocycles. The molecule has 1 atom stereocenters. The number of nitriles is 1. The summed E-state index contributed by atoms with van der Waals surface area (Å²) in [6, 6.07) is 9.92. The van der Waals surface area contributed by atoms with Gasteiger partial charge in [0.1, 0.15) is 5.60 Å². The van der Waals surface area contributed by atoms with Crippen LogP contribution in [0.25, 0.3) is 0 Å². The molecule has 2 aliphatic rings. The lowest BCUT2D eigenvalue weighted by atomic mass is 10.0. The topological polar surface area (TPSA) is 58.0 Å². The fourth-order valence-electron chi connectivity index (χ4n) is 3.39. The van der Waals surface area contributed by atoms with Crippen molar-refractivity contribution in [1.82, 2.24) is 4.90 Å². The first-order valence-electron chi connectivity index (χ1n) is 8.43. The van der Waals surface area contributed by atoms with Crippen LogP contribution in [0.1, 0.15) is 5.56 Å². The van der Waals surface area contributed by atoms with Gasteiger partial charge < -0.3 is 19.1 Å². The van der Waals surface area contributed by atoms with Crippen LogP contribution in [0.5, 0.6) is 0 Å². The van der Waals surface area contributed by atoms with Crippen LogP contribution in [0.3, 0.4) is 0 Å². The highest BCUT2D eigenvalue weighted by Crippen LogP contribution is 2.26. The Kier molecular flexibility index (Phi) is 5.69. The van der Waals surface area contributed by atoms with Crippen LogP contribution in [-0.2, 0) is 14.2 Å². The van der Waals surface area contributed by atoms with Gasteiger partial charge in [-0.05, 0) is 24.3 Å². The molecule has 1 spiro atoms. The molecule has 0 radical (unpaired) electrons. The van der Waals surface area contributed by atoms with Gasteiger partial charge in [-0.1, -0.05) is 0 Å². The van der Waals surface area contributed by atoms with E-state index in [2.05, 4.69) is 15.9 Å². The summed E-state index contributed by atoms with van der Waals surface area (Å²) in [4.78, 5) is 4.69. The summed E-state index contributed by atoms with van der Waals surface area (Å²) in [5, 5.41) is 8.95. The highest BCUT2D eigenvalue weighted by atomic mass is 16.5. The SMILES string of the molecule is COCCN1CCOCC2(C1)CN(c1ccc(C#N)cc1)CCO2. The Morgan fingerprint density at radius 3 is 2.79 bits per heavy atom. The van der Waals surface area contributed by atoms with E-state index in [4.69, 9.17) is 19.5 Å². The first-order chi connectivity index (χ1) is 11.7. The molecule has 2 aliphatic heterocycles. The van der Waals surface area contributed by atoms with Gasteiger partial charge >= 0.3 is 0 Å². The molecular weight excluding hydrogens is 306 g/mol. The van der Waals surface area contributed by atoms with Crippen molar-refractivity contribution in [3.63, 3.8) is 0 Å². The van der Waals surface area contributed by atoms with Crippen molar-refractivity contribution in [3.05, 3.63) is 29.8 Å². The first-order valence-corrected chi connectivity index (χ1v) is 8.43. The molecule has 6 nitrogen and oxygen atoms in total. The molecule has 0 saturated carbocycles. The molecule has 0 N–H and O–H groups in total. The number of anilines is 1. The van der Waals surface area contributed by atoms with Gasteiger partial charge in [0.2, 0.25) is 0 Å². The van der Waals surface area contributed by atoms with E-state index in [1.807, 2.05) is 24.3 Å². The molecule has 24 heavy (non-hydrogen) atoms. The van der Waals surface area contributed by atoms with Gasteiger partial charge in [-0.25, -0.2) is 0 Å². The Balaban J connectivity index is 1.71. The molecule has 0 bridgehead atoms. The molecule has 1 unspecified atom stereocenters. The third-order valence-electron chi connectivity index (χ3n) is 4.65. The van der Waals surface area contributed by atoms with E-state index in [-0.39, 0.29) is 5.60 Å². The molecule has 2 saturated heterocycles. The molecular formula is C18H25N3O3. The zero-order chi connectivity index (χ0) is 16.8. The van der Waals surface area contributed by atoms with Gasteiger partial charge in [0.25, 0.3) is 0 Å². The number of nitrogens with zero attached hydrogens (tertiary/aromatic N) is 3. The number of ether oxygens (including phenoxy) is 3. The van der Waals surface area contributed by atoms with Crippen LogP contribution >= 0.6 is 0 Å². The van der Waals surface area contributed by atoms with E-state index in [1.165, 1.54) is 0 Å². The number of morpholine rings is 1. The molecule has 1 aromatic carbocycles. The summed E-state index contributed by atoms with van der Waals surface area (Å²) < 4.78 is 17.2. The van der Waals surface area contributed by atoms with Crippen LogP contribution in [0, 0.1) is 11.3 Å². The second-order valence-electron chi connectivity index (χ2n) is 6.43. The van der Waals surface area contributed by atoms with Crippen molar-refractivity contribution in [2.45, 2.75) is 5.60 Å². The van der Waals surface area contributed by atoms with Gasteiger partial charge in [-0.3, -0.25) is 4.90 Å². The highest BCUT2D eigenvalue weighted by molar-refractivity contribution is 5.50. The van der Waals surface area contributed by atoms with Crippen LogP contribution in [0.4, 0.5) is 5.69 Å². The maximum atomic E-state index is 8.95. The maximum absolute atomic E-state index is 8.95. The van der Waals surface area contributed by atoms with Crippen molar-refractivity contribution in [3.8, 4) is 6.07 Å². The highest BCUT2D eigenvalue weighted by Gasteiger charge is 2.40. The molecule has 1 aromatic rings. The first kappa shape index (κ1) is 17.2. The fraction of sp³-hybridized carbons (Fsp3) is 0.611. The van der Waals surface area contributed by atoms with E-state index in [0.717, 1.165) is 51.6 Å². The van der Waals surface area contributed by atoms with Crippen molar-refractivity contribution >= 4 is 5.69 Å². The summed E-state index contributed by atoms with van der Waals surface area (Å²) in [5.74, 6) is 0. The van der Waals surface area contributed by atoms with Crippen LogP contribution in [-0.4, -0.2) is 76.8 Å². The van der Waals surface area contributed by atoms with Crippen molar-refractivity contribution in [1.29, 1.82) is 5.26 Å². The Morgan fingerprint density at radius 2 is 2.04 bits per heavy atom.